The highest BCUT2D eigenvalue weighted by Gasteiger charge is 2.10. The van der Waals surface area contributed by atoms with Gasteiger partial charge in [0.1, 0.15) is 0 Å². The summed E-state index contributed by atoms with van der Waals surface area (Å²) in [6.07, 6.45) is 3.21. The van der Waals surface area contributed by atoms with Gasteiger partial charge in [0.2, 0.25) is 0 Å². The van der Waals surface area contributed by atoms with E-state index in [9.17, 15) is 0 Å². The van der Waals surface area contributed by atoms with Gasteiger partial charge in [-0.1, -0.05) is 6.07 Å². The van der Waals surface area contributed by atoms with Crippen molar-refractivity contribution in [2.45, 2.75) is 20.8 Å². The number of nitrogens with zero attached hydrogens (tertiary/aromatic N) is 1. The van der Waals surface area contributed by atoms with Gasteiger partial charge in [-0.2, -0.15) is 0 Å². The Balaban J connectivity index is 2.71. The van der Waals surface area contributed by atoms with Gasteiger partial charge in [-0.3, -0.25) is 4.98 Å². The first-order chi connectivity index (χ1) is 8.15. The van der Waals surface area contributed by atoms with Gasteiger partial charge in [-0.05, 0) is 61.2 Å². The maximum Gasteiger partial charge on any atom is 0.0704 e. The molecule has 2 rings (SSSR count). The highest BCUT2D eigenvalue weighted by Crippen LogP contribution is 2.27. The highest BCUT2D eigenvalue weighted by atomic mass is 14.7. The molecule has 0 unspecified atom stereocenters. The Morgan fingerprint density at radius 1 is 1.06 bits per heavy atom. The zero-order chi connectivity index (χ0) is 12.4. The van der Waals surface area contributed by atoms with Crippen molar-refractivity contribution in [3.8, 4) is 11.3 Å². The molecule has 0 saturated carbocycles. The number of nitrogens with one attached hydrogen (secondary N) is 1. The lowest BCUT2D eigenvalue weighted by atomic mass is 9.92. The van der Waals surface area contributed by atoms with Crippen LogP contribution in [0.3, 0.4) is 0 Å². The average Bonchev–Trinajstić information content (AvgIpc) is 2.37. The predicted octanol–water partition coefficient (Wildman–Crippen LogP) is 3.67. The molecule has 2 nitrogen and oxygen atoms in total. The molecule has 1 heterocycles. The van der Waals surface area contributed by atoms with E-state index in [4.69, 9.17) is 5.41 Å². The summed E-state index contributed by atoms with van der Waals surface area (Å²) in [6.45, 7) is 6.27. The summed E-state index contributed by atoms with van der Waals surface area (Å²) in [5.74, 6) is 0. The maximum atomic E-state index is 7.47. The summed E-state index contributed by atoms with van der Waals surface area (Å²) in [4.78, 5) is 4.38. The third kappa shape index (κ3) is 1.98. The Labute approximate surface area is 102 Å². The Morgan fingerprint density at radius 3 is 2.41 bits per heavy atom. The van der Waals surface area contributed by atoms with Crippen LogP contribution in [0.4, 0.5) is 0 Å². The largest absolute Gasteiger partial charge is 0.308 e. The molecule has 1 N–H and O–H groups in total. The molecule has 0 spiro atoms. The maximum absolute atomic E-state index is 7.47. The SMILES string of the molecule is Cc1c(C=N)cc(-c2ccccn2)c(C)c1C. The standard InChI is InChI=1S/C15H16N2/c1-10-11(2)13(9-16)8-14(12(10)3)15-6-4-5-7-17-15/h4-9,16H,1-3H3. The van der Waals surface area contributed by atoms with Crippen molar-refractivity contribution < 1.29 is 0 Å². The second-order valence-corrected chi connectivity index (χ2v) is 4.25. The van der Waals surface area contributed by atoms with Crippen LogP contribution in [0.5, 0.6) is 0 Å². The van der Waals surface area contributed by atoms with Crippen molar-refractivity contribution in [2.75, 3.05) is 0 Å². The lowest BCUT2D eigenvalue weighted by Crippen LogP contribution is -1.97. The van der Waals surface area contributed by atoms with Crippen molar-refractivity contribution in [1.29, 1.82) is 5.41 Å². The predicted molar refractivity (Wildman–Crippen MR) is 71.8 cm³/mol. The third-order valence-electron chi connectivity index (χ3n) is 3.36. The first kappa shape index (κ1) is 11.5. The van der Waals surface area contributed by atoms with Gasteiger partial charge < -0.3 is 5.41 Å². The van der Waals surface area contributed by atoms with Crippen molar-refractivity contribution in [2.24, 2.45) is 0 Å². The van der Waals surface area contributed by atoms with Gasteiger partial charge in [-0.25, -0.2) is 0 Å². The minimum Gasteiger partial charge on any atom is -0.308 e. The fraction of sp³-hybridized carbons (Fsp3) is 0.200. The Morgan fingerprint density at radius 2 is 1.82 bits per heavy atom. The summed E-state index contributed by atoms with van der Waals surface area (Å²) in [5.41, 5.74) is 6.72. The minimum absolute atomic E-state index is 0.966. The monoisotopic (exact) mass is 224 g/mol. The summed E-state index contributed by atoms with van der Waals surface area (Å²) in [6, 6.07) is 7.95. The van der Waals surface area contributed by atoms with Crippen LogP contribution in [0.1, 0.15) is 22.3 Å². The van der Waals surface area contributed by atoms with Crippen LogP contribution in [-0.4, -0.2) is 11.2 Å². The quantitative estimate of drug-likeness (QED) is 0.776. The van der Waals surface area contributed by atoms with E-state index >= 15 is 0 Å². The molecular weight excluding hydrogens is 208 g/mol. The van der Waals surface area contributed by atoms with E-state index in [0.29, 0.717) is 0 Å². The van der Waals surface area contributed by atoms with E-state index < -0.39 is 0 Å². The summed E-state index contributed by atoms with van der Waals surface area (Å²) < 4.78 is 0. The van der Waals surface area contributed by atoms with Crippen molar-refractivity contribution >= 4 is 6.21 Å². The summed E-state index contributed by atoms with van der Waals surface area (Å²) in [5, 5.41) is 7.47. The molecule has 0 fully saturated rings. The van der Waals surface area contributed by atoms with E-state index in [2.05, 4.69) is 25.8 Å². The second kappa shape index (κ2) is 4.50. The number of benzene rings is 1. The van der Waals surface area contributed by atoms with Gasteiger partial charge in [-0.15, -0.1) is 0 Å². The molecule has 0 aliphatic carbocycles. The summed E-state index contributed by atoms with van der Waals surface area (Å²) in [7, 11) is 0. The van der Waals surface area contributed by atoms with Crippen LogP contribution in [0.2, 0.25) is 0 Å². The molecule has 0 aliphatic heterocycles. The number of hydrogen-bond acceptors (Lipinski definition) is 2. The number of rotatable bonds is 2. The minimum atomic E-state index is 0.966. The Kier molecular flexibility index (Phi) is 3.05. The average molecular weight is 224 g/mol. The van der Waals surface area contributed by atoms with Crippen molar-refractivity contribution in [3.05, 3.63) is 52.7 Å². The van der Waals surface area contributed by atoms with Gasteiger partial charge in [0.15, 0.2) is 0 Å². The smallest absolute Gasteiger partial charge is 0.0704 e. The number of hydrogen-bond donors (Lipinski definition) is 1. The lowest BCUT2D eigenvalue weighted by molar-refractivity contribution is 1.23. The van der Waals surface area contributed by atoms with Gasteiger partial charge in [0.05, 0.1) is 5.69 Å². The van der Waals surface area contributed by atoms with E-state index in [1.807, 2.05) is 24.3 Å². The molecule has 1 aromatic heterocycles. The normalized spacial score (nSPS) is 10.3. The number of aromatic nitrogens is 1. The van der Waals surface area contributed by atoms with Gasteiger partial charge in [0, 0.05) is 18.0 Å². The molecule has 86 valence electrons. The molecule has 0 amide bonds. The van der Waals surface area contributed by atoms with E-state index in [0.717, 1.165) is 16.8 Å². The van der Waals surface area contributed by atoms with Crippen LogP contribution in [-0.2, 0) is 0 Å². The third-order valence-corrected chi connectivity index (χ3v) is 3.36. The zero-order valence-electron chi connectivity index (χ0n) is 10.4. The molecular formula is C15H16N2. The van der Waals surface area contributed by atoms with Crippen molar-refractivity contribution in [1.82, 2.24) is 4.98 Å². The summed E-state index contributed by atoms with van der Waals surface area (Å²) >= 11 is 0. The second-order valence-electron chi connectivity index (χ2n) is 4.25. The van der Waals surface area contributed by atoms with Gasteiger partial charge in [0.25, 0.3) is 0 Å². The van der Waals surface area contributed by atoms with E-state index in [1.165, 1.54) is 22.9 Å². The van der Waals surface area contributed by atoms with Crippen molar-refractivity contribution in [3.63, 3.8) is 0 Å². The number of pyridine rings is 1. The molecule has 0 atom stereocenters. The fourth-order valence-corrected chi connectivity index (χ4v) is 2.01. The highest BCUT2D eigenvalue weighted by molar-refractivity contribution is 5.84. The fourth-order valence-electron chi connectivity index (χ4n) is 2.01. The molecule has 2 heteroatoms. The Bertz CT molecular complexity index is 557. The first-order valence-electron chi connectivity index (χ1n) is 5.68. The van der Waals surface area contributed by atoms with E-state index in [1.54, 1.807) is 6.20 Å². The van der Waals surface area contributed by atoms with Crippen LogP contribution in [0, 0.1) is 26.2 Å². The Hall–Kier alpha value is -1.96. The molecule has 0 saturated heterocycles. The lowest BCUT2D eigenvalue weighted by Gasteiger charge is -2.13. The molecule has 1 aromatic carbocycles. The van der Waals surface area contributed by atoms with Crippen LogP contribution < -0.4 is 0 Å². The van der Waals surface area contributed by atoms with Gasteiger partial charge >= 0.3 is 0 Å². The van der Waals surface area contributed by atoms with Crippen LogP contribution in [0.25, 0.3) is 11.3 Å². The molecule has 2 aromatic rings. The molecule has 0 aliphatic rings. The topological polar surface area (TPSA) is 36.7 Å². The zero-order valence-corrected chi connectivity index (χ0v) is 10.4. The molecule has 17 heavy (non-hydrogen) atoms. The van der Waals surface area contributed by atoms with Crippen LogP contribution >= 0.6 is 0 Å². The van der Waals surface area contributed by atoms with E-state index in [-0.39, 0.29) is 0 Å². The molecule has 0 radical (unpaired) electrons. The first-order valence-corrected chi connectivity index (χ1v) is 5.68. The molecule has 0 bridgehead atoms. The van der Waals surface area contributed by atoms with Crippen LogP contribution in [0.15, 0.2) is 30.5 Å².